The van der Waals surface area contributed by atoms with Gasteiger partial charge in [0.25, 0.3) is 5.56 Å². The van der Waals surface area contributed by atoms with Gasteiger partial charge < -0.3 is 4.57 Å². The Kier molecular flexibility index (Phi) is 3.47. The molecule has 0 aliphatic heterocycles. The van der Waals surface area contributed by atoms with Crippen LogP contribution >= 0.6 is 23.2 Å². The molecule has 1 heterocycles. The Morgan fingerprint density at radius 2 is 1.75 bits per heavy atom. The molecule has 0 saturated carbocycles. The molecule has 3 rings (SSSR count). The van der Waals surface area contributed by atoms with E-state index in [0.29, 0.717) is 27.6 Å². The van der Waals surface area contributed by atoms with Crippen molar-refractivity contribution >= 4 is 34.2 Å². The summed E-state index contributed by atoms with van der Waals surface area (Å²) in [5.41, 5.74) is 2.19. The van der Waals surface area contributed by atoms with Crippen LogP contribution in [0.25, 0.3) is 11.0 Å². The summed E-state index contributed by atoms with van der Waals surface area (Å²) in [4.78, 5) is 16.2. The fraction of sp³-hybridized carbons (Fsp3) is 0.0667. The Balaban J connectivity index is 2.21. The number of fused-ring (bicyclic) bond motifs is 1. The maximum Gasteiger partial charge on any atom is 0.269 e. The van der Waals surface area contributed by atoms with Crippen molar-refractivity contribution < 1.29 is 0 Å². The molecule has 0 aliphatic rings. The monoisotopic (exact) mass is 304 g/mol. The van der Waals surface area contributed by atoms with Gasteiger partial charge in [0.1, 0.15) is 0 Å². The van der Waals surface area contributed by atoms with Crippen molar-refractivity contribution in [2.24, 2.45) is 0 Å². The molecule has 0 N–H and O–H groups in total. The maximum absolute atomic E-state index is 12.1. The van der Waals surface area contributed by atoms with Gasteiger partial charge in [0.05, 0.1) is 33.8 Å². The predicted octanol–water partition coefficient (Wildman–Crippen LogP) is 3.75. The van der Waals surface area contributed by atoms with E-state index in [1.54, 1.807) is 16.7 Å². The second-order valence-electron chi connectivity index (χ2n) is 4.42. The topological polar surface area (TPSA) is 34.9 Å². The van der Waals surface area contributed by atoms with Gasteiger partial charge in [0, 0.05) is 0 Å². The third-order valence-corrected chi connectivity index (χ3v) is 3.79. The van der Waals surface area contributed by atoms with E-state index in [2.05, 4.69) is 4.98 Å². The van der Waals surface area contributed by atoms with Crippen LogP contribution < -0.4 is 5.56 Å². The maximum atomic E-state index is 12.1. The number of aromatic nitrogens is 2. The highest BCUT2D eigenvalue weighted by atomic mass is 35.5. The average molecular weight is 305 g/mol. The molecule has 0 amide bonds. The van der Waals surface area contributed by atoms with Crippen molar-refractivity contribution in [2.75, 3.05) is 0 Å². The van der Waals surface area contributed by atoms with Gasteiger partial charge in [0.15, 0.2) is 0 Å². The minimum atomic E-state index is -0.167. The third-order valence-electron chi connectivity index (χ3n) is 3.07. The van der Waals surface area contributed by atoms with Gasteiger partial charge in [-0.1, -0.05) is 53.5 Å². The Labute approximate surface area is 125 Å². The minimum Gasteiger partial charge on any atom is -0.301 e. The lowest BCUT2D eigenvalue weighted by Crippen LogP contribution is -2.21. The van der Waals surface area contributed by atoms with Crippen molar-refractivity contribution in [2.45, 2.75) is 6.54 Å². The SMILES string of the molecule is O=c1cnc2cc(Cl)c(Cl)cc2n1Cc1ccccc1. The Bertz CT molecular complexity index is 828. The number of hydrogen-bond donors (Lipinski definition) is 0. The van der Waals surface area contributed by atoms with Crippen molar-refractivity contribution in [1.82, 2.24) is 9.55 Å². The van der Waals surface area contributed by atoms with E-state index in [-0.39, 0.29) is 5.56 Å². The first-order valence-electron chi connectivity index (χ1n) is 6.03. The molecular weight excluding hydrogens is 295 g/mol. The molecule has 0 bridgehead atoms. The second-order valence-corrected chi connectivity index (χ2v) is 5.24. The number of nitrogens with zero attached hydrogens (tertiary/aromatic N) is 2. The molecule has 5 heteroatoms. The lowest BCUT2D eigenvalue weighted by atomic mass is 10.2. The molecule has 0 unspecified atom stereocenters. The zero-order valence-electron chi connectivity index (χ0n) is 10.4. The minimum absolute atomic E-state index is 0.167. The summed E-state index contributed by atoms with van der Waals surface area (Å²) >= 11 is 12.0. The molecule has 0 aliphatic carbocycles. The van der Waals surface area contributed by atoms with E-state index in [1.165, 1.54) is 6.20 Å². The van der Waals surface area contributed by atoms with Crippen LogP contribution in [0.2, 0.25) is 10.0 Å². The van der Waals surface area contributed by atoms with Crippen LogP contribution in [-0.4, -0.2) is 9.55 Å². The van der Waals surface area contributed by atoms with Crippen LogP contribution in [0.3, 0.4) is 0 Å². The largest absolute Gasteiger partial charge is 0.301 e. The molecule has 100 valence electrons. The number of benzene rings is 2. The zero-order chi connectivity index (χ0) is 14.1. The molecule has 1 aromatic heterocycles. The Morgan fingerprint density at radius 1 is 1.05 bits per heavy atom. The standard InChI is InChI=1S/C15H10Cl2N2O/c16-11-6-13-14(7-12(11)17)19(15(20)8-18-13)9-10-4-2-1-3-5-10/h1-8H,9H2. The summed E-state index contributed by atoms with van der Waals surface area (Å²) in [6.07, 6.45) is 1.30. The van der Waals surface area contributed by atoms with E-state index < -0.39 is 0 Å². The molecule has 3 nitrogen and oxygen atoms in total. The highest BCUT2D eigenvalue weighted by molar-refractivity contribution is 6.42. The molecule has 0 saturated heterocycles. The van der Waals surface area contributed by atoms with Crippen LogP contribution in [0.1, 0.15) is 5.56 Å². The van der Waals surface area contributed by atoms with Crippen molar-refractivity contribution in [3.8, 4) is 0 Å². The average Bonchev–Trinajstić information content (AvgIpc) is 2.45. The molecule has 0 spiro atoms. The van der Waals surface area contributed by atoms with Gasteiger partial charge in [-0.25, -0.2) is 4.98 Å². The van der Waals surface area contributed by atoms with E-state index in [9.17, 15) is 4.79 Å². The van der Waals surface area contributed by atoms with E-state index in [4.69, 9.17) is 23.2 Å². The van der Waals surface area contributed by atoms with E-state index in [0.717, 1.165) is 5.56 Å². The molecule has 20 heavy (non-hydrogen) atoms. The summed E-state index contributed by atoms with van der Waals surface area (Å²) in [7, 11) is 0. The van der Waals surface area contributed by atoms with Gasteiger partial charge in [0.2, 0.25) is 0 Å². The van der Waals surface area contributed by atoms with Gasteiger partial charge >= 0.3 is 0 Å². The highest BCUT2D eigenvalue weighted by Gasteiger charge is 2.08. The Morgan fingerprint density at radius 3 is 2.50 bits per heavy atom. The molecule has 2 aromatic carbocycles. The lowest BCUT2D eigenvalue weighted by Gasteiger charge is -2.10. The molecule has 0 atom stereocenters. The Hall–Kier alpha value is -1.84. The van der Waals surface area contributed by atoms with Crippen molar-refractivity contribution in [3.63, 3.8) is 0 Å². The summed E-state index contributed by atoms with van der Waals surface area (Å²) in [6.45, 7) is 0.469. The first-order valence-corrected chi connectivity index (χ1v) is 6.79. The summed E-state index contributed by atoms with van der Waals surface area (Å²) < 4.78 is 1.64. The molecule has 0 fully saturated rings. The number of hydrogen-bond acceptors (Lipinski definition) is 2. The second kappa shape index (κ2) is 5.27. The van der Waals surface area contributed by atoms with Crippen LogP contribution in [0.5, 0.6) is 0 Å². The van der Waals surface area contributed by atoms with Crippen LogP contribution in [-0.2, 0) is 6.54 Å². The van der Waals surface area contributed by atoms with Crippen LogP contribution in [0.4, 0.5) is 0 Å². The fourth-order valence-corrected chi connectivity index (χ4v) is 2.40. The summed E-state index contributed by atoms with van der Waals surface area (Å²) in [6, 6.07) is 13.1. The summed E-state index contributed by atoms with van der Waals surface area (Å²) in [5.74, 6) is 0. The number of rotatable bonds is 2. The lowest BCUT2D eigenvalue weighted by molar-refractivity contribution is 0.787. The fourth-order valence-electron chi connectivity index (χ4n) is 2.09. The van der Waals surface area contributed by atoms with Crippen LogP contribution in [0.15, 0.2) is 53.5 Å². The van der Waals surface area contributed by atoms with Crippen molar-refractivity contribution in [1.29, 1.82) is 0 Å². The smallest absolute Gasteiger partial charge is 0.269 e. The molecule has 3 aromatic rings. The first kappa shape index (κ1) is 13.2. The molecule has 0 radical (unpaired) electrons. The number of halogens is 2. The zero-order valence-corrected chi connectivity index (χ0v) is 11.9. The van der Waals surface area contributed by atoms with Gasteiger partial charge in [-0.2, -0.15) is 0 Å². The van der Waals surface area contributed by atoms with E-state index >= 15 is 0 Å². The normalized spacial score (nSPS) is 10.9. The third kappa shape index (κ3) is 2.42. The highest BCUT2D eigenvalue weighted by Crippen LogP contribution is 2.26. The summed E-state index contributed by atoms with van der Waals surface area (Å²) in [5, 5.41) is 0.838. The quantitative estimate of drug-likeness (QED) is 0.722. The van der Waals surface area contributed by atoms with Crippen LogP contribution in [0, 0.1) is 0 Å². The predicted molar refractivity (Wildman–Crippen MR) is 81.6 cm³/mol. The molecular formula is C15H10Cl2N2O. The van der Waals surface area contributed by atoms with E-state index in [1.807, 2.05) is 30.3 Å². The van der Waals surface area contributed by atoms with Gasteiger partial charge in [-0.05, 0) is 17.7 Å². The van der Waals surface area contributed by atoms with Gasteiger partial charge in [-0.15, -0.1) is 0 Å². The van der Waals surface area contributed by atoms with Gasteiger partial charge in [-0.3, -0.25) is 4.79 Å². The van der Waals surface area contributed by atoms with Crippen molar-refractivity contribution in [3.05, 3.63) is 74.6 Å². The first-order chi connectivity index (χ1) is 9.65.